The van der Waals surface area contributed by atoms with E-state index in [1.807, 2.05) is 0 Å². The van der Waals surface area contributed by atoms with Crippen LogP contribution in [0.5, 0.6) is 0 Å². The second-order valence-corrected chi connectivity index (χ2v) is 3.94. The van der Waals surface area contributed by atoms with Crippen LogP contribution in [0.1, 0.15) is 12.8 Å². The first-order valence-electron chi connectivity index (χ1n) is 5.36. The van der Waals surface area contributed by atoms with Gasteiger partial charge in [-0.3, -0.25) is 0 Å². The zero-order chi connectivity index (χ0) is 19.0. The van der Waals surface area contributed by atoms with E-state index in [1.54, 1.807) is 0 Å². The number of hydrogen-bond donors (Lipinski definition) is 3. The maximum Gasteiger partial charge on any atom is 0.124 e. The summed E-state index contributed by atoms with van der Waals surface area (Å²) < 4.78 is 0. The minimum Gasteiger partial charge on any atom is -0.550 e. The van der Waals surface area contributed by atoms with Crippen LogP contribution in [0, 0.1) is 0 Å². The number of hydrogen-bond acceptors (Lipinski definition) is 13. The molecule has 23 heavy (non-hydrogen) atoms. The van der Waals surface area contributed by atoms with Crippen molar-refractivity contribution >= 4 is 29.8 Å². The van der Waals surface area contributed by atoms with Crippen LogP contribution < -0.4 is 25.5 Å². The van der Waals surface area contributed by atoms with Gasteiger partial charge in [0.2, 0.25) is 0 Å². The number of aliphatic carboxylic acids is 5. The third-order valence-corrected chi connectivity index (χ3v) is 2.04. The first-order valence-corrected chi connectivity index (χ1v) is 5.36. The Morgan fingerprint density at radius 2 is 1.00 bits per heavy atom. The number of carbonyl (C=O) groups is 5. The lowest BCUT2D eigenvalue weighted by Gasteiger charge is -2.29. The summed E-state index contributed by atoms with van der Waals surface area (Å²) in [5, 5.41) is 74.7. The molecule has 13 nitrogen and oxygen atoms in total. The van der Waals surface area contributed by atoms with E-state index >= 15 is 0 Å². The van der Waals surface area contributed by atoms with E-state index in [4.69, 9.17) is 15.3 Å². The number of carboxylic acids is 5. The lowest BCUT2D eigenvalue weighted by atomic mass is 9.96. The Kier molecular flexibility index (Phi) is 9.09. The largest absolute Gasteiger partial charge is 0.550 e. The average Bonchev–Trinajstić information content (AvgIpc) is 2.35. The third kappa shape index (κ3) is 8.97. The van der Waals surface area contributed by atoms with E-state index in [-0.39, 0.29) is 0 Å². The molecule has 132 valence electrons. The van der Waals surface area contributed by atoms with E-state index in [2.05, 4.69) is 0 Å². The molecular weight excluding hydrogens is 328 g/mol. The first kappa shape index (κ1) is 22.5. The molecule has 3 N–H and O–H groups in total. The monoisotopic (exact) mass is 337 g/mol. The van der Waals surface area contributed by atoms with Crippen LogP contribution in [0.3, 0.4) is 0 Å². The van der Waals surface area contributed by atoms with E-state index in [0.717, 1.165) is 0 Å². The number of rotatable bonds is 8. The summed E-state index contributed by atoms with van der Waals surface area (Å²) in [5.74, 6) is -10.1. The van der Waals surface area contributed by atoms with E-state index < -0.39 is 60.5 Å². The van der Waals surface area contributed by atoms with Crippen molar-refractivity contribution in [2.45, 2.75) is 30.7 Å². The summed E-state index contributed by atoms with van der Waals surface area (Å²) in [6, 6.07) is 0. The Morgan fingerprint density at radius 3 is 1.13 bits per heavy atom. The third-order valence-electron chi connectivity index (χ3n) is 2.04. The summed E-state index contributed by atoms with van der Waals surface area (Å²) in [5.41, 5.74) is -2.97. The van der Waals surface area contributed by atoms with Crippen molar-refractivity contribution in [3.63, 3.8) is 0 Å². The number of carboxylic acid groups (broad SMARTS) is 5. The molecule has 0 aliphatic heterocycles. The van der Waals surface area contributed by atoms with Crippen molar-refractivity contribution in [2.24, 2.45) is 0 Å². The minimum atomic E-state index is -2.97. The molecule has 0 aromatic rings. The Hall–Kier alpha value is -2.77. The number of aliphatic hydroxyl groups is 3. The molecule has 2 atom stereocenters. The van der Waals surface area contributed by atoms with Gasteiger partial charge in [0.05, 0.1) is 17.9 Å². The summed E-state index contributed by atoms with van der Waals surface area (Å²) in [6.45, 7) is 0. The van der Waals surface area contributed by atoms with Crippen LogP contribution in [0.15, 0.2) is 0 Å². The summed E-state index contributed by atoms with van der Waals surface area (Å²) in [4.78, 5) is 49.3. The number of carbonyl (C=O) groups excluding carboxylic acids is 5. The molecule has 0 saturated carbocycles. The standard InChI is InChI=1S/C6H8O7.C4H6O6/c7-3(8)1-6(13,5(11)12)2-4(9)10;5-1(3(7)8)2(6)4(9)10/h13H,1-2H2,(H,7,8)(H,9,10)(H,11,12);1-2,5-6H,(H,7,8)(H,9,10)/p-5. The topological polar surface area (TPSA) is 261 Å². The predicted octanol–water partition coefficient (Wildman–Crippen LogP) is -10.0. The first-order chi connectivity index (χ1) is 10.2. The zero-order valence-corrected chi connectivity index (χ0v) is 11.0. The molecule has 0 radical (unpaired) electrons. The lowest BCUT2D eigenvalue weighted by molar-refractivity contribution is -0.339. The van der Waals surface area contributed by atoms with Gasteiger partial charge in [-0.25, -0.2) is 0 Å². The van der Waals surface area contributed by atoms with Crippen LogP contribution in [0.25, 0.3) is 0 Å². The van der Waals surface area contributed by atoms with Crippen molar-refractivity contribution < 1.29 is 64.8 Å². The Balaban J connectivity index is 0. The van der Waals surface area contributed by atoms with E-state index in [1.165, 1.54) is 0 Å². The van der Waals surface area contributed by atoms with Crippen molar-refractivity contribution in [3.8, 4) is 0 Å². The molecule has 0 spiro atoms. The Labute approximate surface area is 126 Å². The second-order valence-electron chi connectivity index (χ2n) is 3.94. The maximum atomic E-state index is 10.1. The van der Waals surface area contributed by atoms with Crippen molar-refractivity contribution in [1.29, 1.82) is 0 Å². The maximum absolute atomic E-state index is 10.1. The summed E-state index contributed by atoms with van der Waals surface area (Å²) in [7, 11) is 0. The van der Waals surface area contributed by atoms with Crippen LogP contribution >= 0.6 is 0 Å². The molecule has 0 aromatic carbocycles. The van der Waals surface area contributed by atoms with Gasteiger partial charge >= 0.3 is 0 Å². The molecule has 0 aliphatic rings. The minimum absolute atomic E-state index is 1.36. The normalized spacial score (nSPS) is 13.0. The highest BCUT2D eigenvalue weighted by Gasteiger charge is 2.29. The highest BCUT2D eigenvalue weighted by atomic mass is 16.4. The Morgan fingerprint density at radius 1 is 0.739 bits per heavy atom. The molecule has 0 fully saturated rings. The van der Waals surface area contributed by atoms with Gasteiger partial charge in [0.25, 0.3) is 0 Å². The Bertz CT molecular complexity index is 447. The van der Waals surface area contributed by atoms with Gasteiger partial charge in [-0.2, -0.15) is 0 Å². The van der Waals surface area contributed by atoms with Crippen LogP contribution in [0.2, 0.25) is 0 Å². The van der Waals surface area contributed by atoms with E-state index in [0.29, 0.717) is 0 Å². The van der Waals surface area contributed by atoms with E-state index in [9.17, 15) is 49.5 Å². The van der Waals surface area contributed by atoms with Gasteiger partial charge in [-0.05, 0) is 0 Å². The molecule has 2 unspecified atom stereocenters. The predicted molar refractivity (Wildman–Crippen MR) is 51.2 cm³/mol. The van der Waals surface area contributed by atoms with Crippen LogP contribution in [-0.2, 0) is 24.0 Å². The zero-order valence-electron chi connectivity index (χ0n) is 11.0. The molecule has 13 heteroatoms. The molecule has 0 rings (SSSR count). The van der Waals surface area contributed by atoms with Gasteiger partial charge in [-0.15, -0.1) is 0 Å². The molecule has 0 amide bonds. The molecule has 0 saturated heterocycles. The molecule has 0 bridgehead atoms. The van der Waals surface area contributed by atoms with Gasteiger partial charge in [-0.1, -0.05) is 0 Å². The second kappa shape index (κ2) is 9.29. The summed E-state index contributed by atoms with van der Waals surface area (Å²) >= 11 is 0. The van der Waals surface area contributed by atoms with Gasteiger partial charge < -0.3 is 64.8 Å². The number of aliphatic hydroxyl groups excluding tert-OH is 2. The van der Waals surface area contributed by atoms with Crippen molar-refractivity contribution in [2.75, 3.05) is 0 Å². The van der Waals surface area contributed by atoms with Gasteiger partial charge in [0.1, 0.15) is 17.8 Å². The van der Waals surface area contributed by atoms with Crippen molar-refractivity contribution in [3.05, 3.63) is 0 Å². The highest BCUT2D eigenvalue weighted by Crippen LogP contribution is 2.13. The molecule has 0 aromatic heterocycles. The fourth-order valence-corrected chi connectivity index (χ4v) is 0.942. The fraction of sp³-hybridized carbons (Fsp3) is 0.500. The van der Waals surface area contributed by atoms with Gasteiger partial charge in [0.15, 0.2) is 0 Å². The molecule has 0 aliphatic carbocycles. The SMILES string of the molecule is O=C([O-])C(O)C(O)C(=O)[O-].O=C([O-])CC(O)(CC(=O)[O-])C(=O)[O-]. The molecule has 0 heterocycles. The molecular formula is C10H9O13-5. The van der Waals surface area contributed by atoms with Crippen LogP contribution in [-0.4, -0.2) is 63.0 Å². The summed E-state index contributed by atoms with van der Waals surface area (Å²) in [6.07, 6.45) is -7.60. The van der Waals surface area contributed by atoms with Crippen LogP contribution in [0.4, 0.5) is 0 Å². The quantitative estimate of drug-likeness (QED) is 0.371. The average molecular weight is 337 g/mol. The smallest absolute Gasteiger partial charge is 0.124 e. The van der Waals surface area contributed by atoms with Gasteiger partial charge in [0, 0.05) is 24.8 Å². The van der Waals surface area contributed by atoms with Crippen molar-refractivity contribution in [1.82, 2.24) is 0 Å². The highest BCUT2D eigenvalue weighted by molar-refractivity contribution is 5.86. The lowest BCUT2D eigenvalue weighted by Crippen LogP contribution is -2.54. The fourth-order valence-electron chi connectivity index (χ4n) is 0.942.